The highest BCUT2D eigenvalue weighted by atomic mass is 32.1. The molecule has 0 bridgehead atoms. The molecule has 0 radical (unpaired) electrons. The summed E-state index contributed by atoms with van der Waals surface area (Å²) in [5, 5.41) is 2.40. The molecule has 1 aromatic rings. The fourth-order valence-corrected chi connectivity index (χ4v) is 0.971. The normalized spacial score (nSPS) is 8.50. The lowest BCUT2D eigenvalue weighted by Gasteiger charge is -1.67. The SMILES string of the molecule is [C-]#[N+]c1nc(C)cs1. The molecule has 0 aromatic carbocycles. The topological polar surface area (TPSA) is 17.2 Å². The summed E-state index contributed by atoms with van der Waals surface area (Å²) in [7, 11) is 0. The van der Waals surface area contributed by atoms with Crippen molar-refractivity contribution >= 4 is 16.5 Å². The lowest BCUT2D eigenvalue weighted by molar-refractivity contribution is 1.28. The van der Waals surface area contributed by atoms with Gasteiger partial charge in [-0.25, -0.2) is 0 Å². The molecule has 1 aromatic heterocycles. The minimum absolute atomic E-state index is 0.530. The van der Waals surface area contributed by atoms with Crippen LogP contribution in [0.3, 0.4) is 0 Å². The maximum atomic E-state index is 6.53. The molecule has 40 valence electrons. The molecule has 2 nitrogen and oxygen atoms in total. The Bertz CT molecular complexity index is 221. The summed E-state index contributed by atoms with van der Waals surface area (Å²) in [5.41, 5.74) is 0.931. The molecule has 0 N–H and O–H groups in total. The molecular formula is C5H4N2S. The van der Waals surface area contributed by atoms with Crippen LogP contribution in [-0.4, -0.2) is 4.98 Å². The quantitative estimate of drug-likeness (QED) is 0.483. The van der Waals surface area contributed by atoms with Crippen molar-refractivity contribution in [3.05, 3.63) is 22.5 Å². The monoisotopic (exact) mass is 124 g/mol. The molecule has 3 heteroatoms. The van der Waals surface area contributed by atoms with E-state index < -0.39 is 0 Å². The third kappa shape index (κ3) is 0.849. The molecule has 0 saturated carbocycles. The van der Waals surface area contributed by atoms with Crippen molar-refractivity contribution in [2.45, 2.75) is 6.92 Å². The zero-order valence-electron chi connectivity index (χ0n) is 4.38. The highest BCUT2D eigenvalue weighted by Crippen LogP contribution is 2.16. The van der Waals surface area contributed by atoms with Gasteiger partial charge in [-0.1, -0.05) is 6.57 Å². The van der Waals surface area contributed by atoms with E-state index in [1.807, 2.05) is 12.3 Å². The summed E-state index contributed by atoms with van der Waals surface area (Å²) in [6.45, 7) is 8.41. The second-order valence-electron chi connectivity index (χ2n) is 1.38. The van der Waals surface area contributed by atoms with Crippen LogP contribution in [0.5, 0.6) is 0 Å². The molecule has 0 unspecified atom stereocenters. The molecule has 0 aliphatic heterocycles. The van der Waals surface area contributed by atoms with Crippen LogP contribution in [0.2, 0.25) is 0 Å². The average molecular weight is 124 g/mol. The Morgan fingerprint density at radius 3 is 2.88 bits per heavy atom. The minimum atomic E-state index is 0.530. The Morgan fingerprint density at radius 2 is 2.62 bits per heavy atom. The molecule has 1 rings (SSSR count). The summed E-state index contributed by atoms with van der Waals surface area (Å²) in [6, 6.07) is 0. The molecule has 0 aliphatic carbocycles. The van der Waals surface area contributed by atoms with Gasteiger partial charge in [0.05, 0.1) is 0 Å². The van der Waals surface area contributed by atoms with Crippen LogP contribution in [0, 0.1) is 13.5 Å². The number of hydrogen-bond acceptors (Lipinski definition) is 2. The van der Waals surface area contributed by atoms with Gasteiger partial charge in [-0.15, -0.1) is 16.3 Å². The molecule has 0 amide bonds. The largest absolute Gasteiger partial charge is 0.351 e. The number of nitrogens with zero attached hydrogens (tertiary/aromatic N) is 2. The lowest BCUT2D eigenvalue weighted by Crippen LogP contribution is -1.62. The van der Waals surface area contributed by atoms with E-state index in [4.69, 9.17) is 6.57 Å². The van der Waals surface area contributed by atoms with Crippen LogP contribution in [0.4, 0.5) is 5.13 Å². The first-order chi connectivity index (χ1) is 3.83. The van der Waals surface area contributed by atoms with Crippen molar-refractivity contribution in [2.24, 2.45) is 0 Å². The van der Waals surface area contributed by atoms with Crippen molar-refractivity contribution in [3.63, 3.8) is 0 Å². The van der Waals surface area contributed by atoms with Crippen LogP contribution in [-0.2, 0) is 0 Å². The predicted octanol–water partition coefficient (Wildman–Crippen LogP) is 2.00. The van der Waals surface area contributed by atoms with Gasteiger partial charge in [0.1, 0.15) is 5.69 Å². The van der Waals surface area contributed by atoms with E-state index in [-0.39, 0.29) is 0 Å². The van der Waals surface area contributed by atoms with Crippen LogP contribution in [0.15, 0.2) is 5.38 Å². The van der Waals surface area contributed by atoms with Crippen LogP contribution < -0.4 is 0 Å². The average Bonchev–Trinajstić information content (AvgIpc) is 2.14. The molecule has 0 fully saturated rings. The van der Waals surface area contributed by atoms with E-state index in [1.54, 1.807) is 0 Å². The summed E-state index contributed by atoms with van der Waals surface area (Å²) in [5.74, 6) is 0. The van der Waals surface area contributed by atoms with E-state index in [1.165, 1.54) is 11.3 Å². The molecule has 1 heterocycles. The first-order valence-electron chi connectivity index (χ1n) is 2.12. The Morgan fingerprint density at radius 1 is 1.88 bits per heavy atom. The number of rotatable bonds is 0. The second kappa shape index (κ2) is 1.93. The van der Waals surface area contributed by atoms with Crippen molar-refractivity contribution < 1.29 is 0 Å². The van der Waals surface area contributed by atoms with Crippen molar-refractivity contribution in [3.8, 4) is 0 Å². The fraction of sp³-hybridized carbons (Fsp3) is 0.200. The second-order valence-corrected chi connectivity index (χ2v) is 2.22. The fourth-order valence-electron chi connectivity index (χ4n) is 0.393. The highest BCUT2D eigenvalue weighted by molar-refractivity contribution is 7.13. The van der Waals surface area contributed by atoms with E-state index in [9.17, 15) is 0 Å². The first kappa shape index (κ1) is 5.26. The third-order valence-electron chi connectivity index (χ3n) is 0.703. The Balaban J connectivity index is 3.05. The number of thiazole rings is 1. The van der Waals surface area contributed by atoms with Crippen molar-refractivity contribution in [1.82, 2.24) is 4.98 Å². The predicted molar refractivity (Wildman–Crippen MR) is 33.1 cm³/mol. The lowest BCUT2D eigenvalue weighted by atomic mass is 10.6. The number of hydrogen-bond donors (Lipinski definition) is 0. The highest BCUT2D eigenvalue weighted by Gasteiger charge is 1.95. The Kier molecular flexibility index (Phi) is 1.27. The Labute approximate surface area is 51.6 Å². The standard InChI is InChI=1S/C5H4N2S/c1-4-3-8-5(6-2)7-4/h3H,1H3. The van der Waals surface area contributed by atoms with Gasteiger partial charge in [0.25, 0.3) is 0 Å². The van der Waals surface area contributed by atoms with Gasteiger partial charge in [0.15, 0.2) is 0 Å². The zero-order chi connectivity index (χ0) is 5.98. The van der Waals surface area contributed by atoms with Gasteiger partial charge in [0.2, 0.25) is 0 Å². The van der Waals surface area contributed by atoms with Gasteiger partial charge in [-0.2, -0.15) is 0 Å². The van der Waals surface area contributed by atoms with Crippen molar-refractivity contribution in [1.29, 1.82) is 0 Å². The molecular weight excluding hydrogens is 120 g/mol. The van der Waals surface area contributed by atoms with E-state index >= 15 is 0 Å². The summed E-state index contributed by atoms with van der Waals surface area (Å²) in [6.07, 6.45) is 0. The molecule has 0 aliphatic rings. The third-order valence-corrected chi connectivity index (χ3v) is 1.55. The smallest absolute Gasteiger partial charge is 0.329 e. The number of aryl methyl sites for hydroxylation is 1. The van der Waals surface area contributed by atoms with E-state index in [0.717, 1.165) is 5.69 Å². The molecule has 8 heavy (non-hydrogen) atoms. The van der Waals surface area contributed by atoms with Gasteiger partial charge in [0, 0.05) is 12.3 Å². The maximum absolute atomic E-state index is 6.53. The van der Waals surface area contributed by atoms with Crippen LogP contribution in [0.1, 0.15) is 5.69 Å². The van der Waals surface area contributed by atoms with Gasteiger partial charge < -0.3 is 4.85 Å². The van der Waals surface area contributed by atoms with Crippen molar-refractivity contribution in [2.75, 3.05) is 0 Å². The summed E-state index contributed by atoms with van der Waals surface area (Å²) < 4.78 is 0. The van der Waals surface area contributed by atoms with E-state index in [0.29, 0.717) is 5.13 Å². The maximum Gasteiger partial charge on any atom is 0.329 e. The Hall–Kier alpha value is -0.880. The summed E-state index contributed by atoms with van der Waals surface area (Å²) in [4.78, 5) is 7.04. The van der Waals surface area contributed by atoms with Gasteiger partial charge in [-0.05, 0) is 0 Å². The summed E-state index contributed by atoms with van der Waals surface area (Å²) >= 11 is 1.38. The number of aromatic nitrogens is 1. The first-order valence-corrected chi connectivity index (χ1v) is 3.00. The van der Waals surface area contributed by atoms with Gasteiger partial charge in [-0.3, -0.25) is 0 Å². The van der Waals surface area contributed by atoms with E-state index in [2.05, 4.69) is 9.83 Å². The molecule has 0 atom stereocenters. The van der Waals surface area contributed by atoms with Gasteiger partial charge >= 0.3 is 5.13 Å². The molecule has 0 saturated heterocycles. The van der Waals surface area contributed by atoms with Crippen LogP contribution >= 0.6 is 11.3 Å². The minimum Gasteiger partial charge on any atom is -0.351 e. The van der Waals surface area contributed by atoms with Crippen LogP contribution in [0.25, 0.3) is 4.85 Å². The molecule has 0 spiro atoms. The zero-order valence-corrected chi connectivity index (χ0v) is 5.20.